The Morgan fingerprint density at radius 1 is 0.815 bits per heavy atom. The summed E-state index contributed by atoms with van der Waals surface area (Å²) in [5.41, 5.74) is 0.436. The average Bonchev–Trinajstić information content (AvgIpc) is 3.22. The van der Waals surface area contributed by atoms with Crippen molar-refractivity contribution in [3.05, 3.63) is 20.0 Å². The molecule has 27 heavy (non-hydrogen) atoms. The van der Waals surface area contributed by atoms with Crippen molar-refractivity contribution in [2.75, 3.05) is 0 Å². The van der Waals surface area contributed by atoms with E-state index in [0.717, 1.165) is 20.0 Å². The van der Waals surface area contributed by atoms with Crippen LogP contribution in [-0.2, 0) is 22.4 Å². The van der Waals surface area contributed by atoms with Crippen LogP contribution < -0.4 is 0 Å². The highest BCUT2D eigenvalue weighted by Crippen LogP contribution is 2.66. The summed E-state index contributed by atoms with van der Waals surface area (Å²) >= 11 is 3.22. The lowest BCUT2D eigenvalue weighted by atomic mass is 9.48. The summed E-state index contributed by atoms with van der Waals surface area (Å²) in [5.74, 6) is 1.45. The van der Waals surface area contributed by atoms with E-state index in [4.69, 9.17) is 0 Å². The van der Waals surface area contributed by atoms with Crippen LogP contribution in [0, 0.1) is 5.41 Å². The molecule has 2 aliphatic carbocycles. The van der Waals surface area contributed by atoms with E-state index in [0.29, 0.717) is 42.9 Å². The highest BCUT2D eigenvalue weighted by molar-refractivity contribution is 7.11. The van der Waals surface area contributed by atoms with Gasteiger partial charge in [0.05, 0.1) is 12.8 Å². The molecule has 8 heteroatoms. The molecular formula is C19H24N4O2S2. The first-order valence-corrected chi connectivity index (χ1v) is 11.3. The molecule has 0 aromatic carbocycles. The molecule has 0 N–H and O–H groups in total. The van der Waals surface area contributed by atoms with Gasteiger partial charge in [0.1, 0.15) is 31.6 Å². The van der Waals surface area contributed by atoms with E-state index in [1.165, 1.54) is 25.7 Å². The molecular weight excluding hydrogens is 380 g/mol. The third-order valence-electron chi connectivity index (χ3n) is 5.87. The largest absolute Gasteiger partial charge is 0.299 e. The van der Waals surface area contributed by atoms with Crippen LogP contribution in [0.4, 0.5) is 0 Å². The van der Waals surface area contributed by atoms with Gasteiger partial charge in [-0.15, -0.1) is 43.1 Å². The summed E-state index contributed by atoms with van der Waals surface area (Å²) < 4.78 is 0. The molecule has 0 unspecified atom stereocenters. The van der Waals surface area contributed by atoms with Crippen LogP contribution in [0.25, 0.3) is 0 Å². The van der Waals surface area contributed by atoms with E-state index in [2.05, 4.69) is 20.4 Å². The van der Waals surface area contributed by atoms with Crippen molar-refractivity contribution in [2.24, 2.45) is 5.41 Å². The summed E-state index contributed by atoms with van der Waals surface area (Å²) in [6, 6.07) is 0. The van der Waals surface area contributed by atoms with Crippen LogP contribution in [0.1, 0.15) is 84.2 Å². The Kier molecular flexibility index (Phi) is 5.20. The average molecular weight is 405 g/mol. The SMILES string of the molecule is CCC(=O)Cc1nnc(C2CC3(C2)CC(c2nnc(CC(=O)CC)s2)C3)s1. The van der Waals surface area contributed by atoms with Crippen LogP contribution in [-0.4, -0.2) is 32.0 Å². The molecule has 0 aliphatic heterocycles. The number of nitrogens with zero attached hydrogens (tertiary/aromatic N) is 4. The first-order valence-electron chi connectivity index (χ1n) is 9.68. The Labute approximate surface area is 166 Å². The highest BCUT2D eigenvalue weighted by atomic mass is 32.1. The summed E-state index contributed by atoms with van der Waals surface area (Å²) in [5, 5.41) is 21.0. The Bertz CT molecular complexity index is 774. The number of carbonyl (C=O) groups excluding carboxylic acids is 2. The van der Waals surface area contributed by atoms with Crippen molar-refractivity contribution in [1.82, 2.24) is 20.4 Å². The summed E-state index contributed by atoms with van der Waals surface area (Å²) in [4.78, 5) is 23.1. The van der Waals surface area contributed by atoms with Crippen LogP contribution in [0.2, 0.25) is 0 Å². The molecule has 6 nitrogen and oxygen atoms in total. The number of carbonyl (C=O) groups is 2. The normalized spacial score (nSPS) is 26.6. The van der Waals surface area contributed by atoms with Gasteiger partial charge in [0.15, 0.2) is 0 Å². The lowest BCUT2D eigenvalue weighted by Crippen LogP contribution is -2.45. The zero-order valence-corrected chi connectivity index (χ0v) is 17.4. The van der Waals surface area contributed by atoms with Crippen LogP contribution >= 0.6 is 22.7 Å². The van der Waals surface area contributed by atoms with E-state index in [-0.39, 0.29) is 11.6 Å². The fourth-order valence-electron chi connectivity index (χ4n) is 4.25. The first-order chi connectivity index (χ1) is 13.0. The molecule has 2 aliphatic rings. The van der Waals surface area contributed by atoms with Gasteiger partial charge in [-0.3, -0.25) is 9.59 Å². The fourth-order valence-corrected chi connectivity index (χ4v) is 6.19. The van der Waals surface area contributed by atoms with Gasteiger partial charge in [-0.25, -0.2) is 0 Å². The number of Topliss-reactive ketones (excluding diaryl/α,β-unsaturated/α-hetero) is 2. The zero-order chi connectivity index (χ0) is 19.0. The lowest BCUT2D eigenvalue weighted by Gasteiger charge is -2.56. The van der Waals surface area contributed by atoms with Crippen LogP contribution in [0.3, 0.4) is 0 Å². The van der Waals surface area contributed by atoms with E-state index < -0.39 is 0 Å². The quantitative estimate of drug-likeness (QED) is 0.664. The van der Waals surface area contributed by atoms with Crippen molar-refractivity contribution in [3.63, 3.8) is 0 Å². The monoisotopic (exact) mass is 404 g/mol. The second-order valence-corrected chi connectivity index (χ2v) is 10.1. The number of aromatic nitrogens is 4. The number of hydrogen-bond acceptors (Lipinski definition) is 8. The van der Waals surface area contributed by atoms with E-state index >= 15 is 0 Å². The number of rotatable bonds is 8. The summed E-state index contributed by atoms with van der Waals surface area (Å²) in [6.45, 7) is 3.77. The van der Waals surface area contributed by atoms with Crippen molar-refractivity contribution in [2.45, 2.75) is 77.0 Å². The van der Waals surface area contributed by atoms with Gasteiger partial charge in [-0.1, -0.05) is 13.8 Å². The van der Waals surface area contributed by atoms with Gasteiger partial charge < -0.3 is 0 Å². The van der Waals surface area contributed by atoms with E-state index in [1.807, 2.05) is 13.8 Å². The Morgan fingerprint density at radius 3 is 1.59 bits per heavy atom. The third-order valence-corrected chi connectivity index (χ3v) is 8.04. The molecule has 0 saturated heterocycles. The smallest absolute Gasteiger partial charge is 0.139 e. The molecule has 0 bridgehead atoms. The standard InChI is InChI=1S/C19H24N4O2S2/c1-3-13(24)5-15-20-22-17(26-15)11-7-19(8-11)9-12(10-19)18-23-21-16(27-18)6-14(25)4-2/h11-12H,3-10H2,1-2H3. The lowest BCUT2D eigenvalue weighted by molar-refractivity contribution is -0.118. The fraction of sp³-hybridized carbons (Fsp3) is 0.684. The second-order valence-electron chi connectivity index (χ2n) is 7.92. The molecule has 144 valence electrons. The van der Waals surface area contributed by atoms with Gasteiger partial charge in [0, 0.05) is 24.7 Å². The predicted octanol–water partition coefficient (Wildman–Crippen LogP) is 3.87. The zero-order valence-electron chi connectivity index (χ0n) is 15.7. The summed E-state index contributed by atoms with van der Waals surface area (Å²) in [7, 11) is 0. The van der Waals surface area contributed by atoms with Crippen molar-refractivity contribution < 1.29 is 9.59 Å². The van der Waals surface area contributed by atoms with Gasteiger partial charge >= 0.3 is 0 Å². The van der Waals surface area contributed by atoms with Crippen molar-refractivity contribution in [3.8, 4) is 0 Å². The maximum atomic E-state index is 11.6. The predicted molar refractivity (Wildman–Crippen MR) is 104 cm³/mol. The Morgan fingerprint density at radius 2 is 1.22 bits per heavy atom. The Hall–Kier alpha value is -1.54. The van der Waals surface area contributed by atoms with Crippen LogP contribution in [0.5, 0.6) is 0 Å². The van der Waals surface area contributed by atoms with E-state index in [9.17, 15) is 9.59 Å². The molecule has 0 atom stereocenters. The third kappa shape index (κ3) is 3.87. The van der Waals surface area contributed by atoms with Gasteiger partial charge in [-0.05, 0) is 31.1 Å². The molecule has 2 heterocycles. The van der Waals surface area contributed by atoms with Gasteiger partial charge in [0.25, 0.3) is 0 Å². The molecule has 1 spiro atoms. The van der Waals surface area contributed by atoms with Crippen molar-refractivity contribution in [1.29, 1.82) is 0 Å². The maximum absolute atomic E-state index is 11.6. The van der Waals surface area contributed by atoms with Gasteiger partial charge in [0.2, 0.25) is 0 Å². The topological polar surface area (TPSA) is 85.7 Å². The van der Waals surface area contributed by atoms with Crippen molar-refractivity contribution >= 4 is 34.2 Å². The van der Waals surface area contributed by atoms with Crippen LogP contribution in [0.15, 0.2) is 0 Å². The number of hydrogen-bond donors (Lipinski definition) is 0. The molecule has 2 saturated carbocycles. The second kappa shape index (κ2) is 7.47. The Balaban J connectivity index is 1.27. The molecule has 0 radical (unpaired) electrons. The minimum absolute atomic E-state index is 0.224. The molecule has 2 aromatic heterocycles. The minimum Gasteiger partial charge on any atom is -0.299 e. The molecule has 4 rings (SSSR count). The highest BCUT2D eigenvalue weighted by Gasteiger charge is 2.55. The molecule has 2 aromatic rings. The summed E-state index contributed by atoms with van der Waals surface area (Å²) in [6.07, 6.45) is 6.63. The van der Waals surface area contributed by atoms with E-state index in [1.54, 1.807) is 22.7 Å². The first kappa shape index (κ1) is 18.8. The molecule has 2 fully saturated rings. The maximum Gasteiger partial charge on any atom is 0.139 e. The minimum atomic E-state index is 0.224. The number of ketones is 2. The molecule has 0 amide bonds. The van der Waals surface area contributed by atoms with Gasteiger partial charge in [-0.2, -0.15) is 0 Å².